The number of benzene rings is 1. The van der Waals surface area contributed by atoms with Gasteiger partial charge in [-0.2, -0.15) is 13.2 Å². The SMILES string of the molecule is Cc1cc(C(F)(F)F)ccc1C(O)c1cccnc1. The molecule has 2 aromatic rings. The van der Waals surface area contributed by atoms with Crippen LogP contribution in [0.1, 0.15) is 28.4 Å². The molecule has 0 saturated heterocycles. The summed E-state index contributed by atoms with van der Waals surface area (Å²) in [5, 5.41) is 10.1. The predicted molar refractivity (Wildman–Crippen MR) is 64.5 cm³/mol. The van der Waals surface area contributed by atoms with Crippen LogP contribution < -0.4 is 0 Å². The van der Waals surface area contributed by atoms with Crippen molar-refractivity contribution in [2.75, 3.05) is 0 Å². The summed E-state index contributed by atoms with van der Waals surface area (Å²) in [6.07, 6.45) is -2.30. The summed E-state index contributed by atoms with van der Waals surface area (Å²) in [6.45, 7) is 1.55. The molecular weight excluding hydrogens is 255 g/mol. The van der Waals surface area contributed by atoms with Gasteiger partial charge < -0.3 is 5.11 Å². The number of aliphatic hydroxyl groups excluding tert-OH is 1. The van der Waals surface area contributed by atoms with Crippen molar-refractivity contribution in [1.29, 1.82) is 0 Å². The molecule has 1 aromatic heterocycles. The van der Waals surface area contributed by atoms with Crippen molar-refractivity contribution in [3.8, 4) is 0 Å². The molecule has 1 aromatic carbocycles. The van der Waals surface area contributed by atoms with Crippen LogP contribution in [-0.4, -0.2) is 10.1 Å². The lowest BCUT2D eigenvalue weighted by molar-refractivity contribution is -0.137. The molecule has 2 nitrogen and oxygen atoms in total. The molecule has 0 spiro atoms. The molecule has 5 heteroatoms. The number of halogens is 3. The number of aromatic nitrogens is 1. The second-order valence-electron chi connectivity index (χ2n) is 4.26. The quantitative estimate of drug-likeness (QED) is 0.903. The maximum absolute atomic E-state index is 12.6. The first-order valence-corrected chi connectivity index (χ1v) is 5.65. The predicted octanol–water partition coefficient (Wildman–Crippen LogP) is 3.49. The van der Waals surface area contributed by atoms with E-state index in [9.17, 15) is 18.3 Å². The van der Waals surface area contributed by atoms with Gasteiger partial charge in [0, 0.05) is 18.0 Å². The minimum absolute atomic E-state index is 0.395. The zero-order chi connectivity index (χ0) is 14.0. The molecule has 0 aliphatic carbocycles. The molecule has 1 N–H and O–H groups in total. The molecule has 1 heterocycles. The summed E-state index contributed by atoms with van der Waals surface area (Å²) in [5.74, 6) is 0. The number of nitrogens with zero attached hydrogens (tertiary/aromatic N) is 1. The Hall–Kier alpha value is -1.88. The third-order valence-electron chi connectivity index (χ3n) is 2.89. The highest BCUT2D eigenvalue weighted by Crippen LogP contribution is 2.32. The van der Waals surface area contributed by atoms with Crippen molar-refractivity contribution < 1.29 is 18.3 Å². The molecule has 2 rings (SSSR count). The second kappa shape index (κ2) is 5.01. The van der Waals surface area contributed by atoms with E-state index in [2.05, 4.69) is 4.98 Å². The molecule has 1 unspecified atom stereocenters. The van der Waals surface area contributed by atoms with Crippen LogP contribution in [0.5, 0.6) is 0 Å². The maximum atomic E-state index is 12.6. The van der Waals surface area contributed by atoms with Crippen LogP contribution >= 0.6 is 0 Å². The third-order valence-corrected chi connectivity index (χ3v) is 2.89. The number of pyridine rings is 1. The Morgan fingerprint density at radius 2 is 1.95 bits per heavy atom. The monoisotopic (exact) mass is 267 g/mol. The van der Waals surface area contributed by atoms with Crippen molar-refractivity contribution in [3.05, 3.63) is 65.0 Å². The van der Waals surface area contributed by atoms with E-state index in [-0.39, 0.29) is 0 Å². The van der Waals surface area contributed by atoms with Crippen molar-refractivity contribution in [1.82, 2.24) is 4.98 Å². The molecule has 19 heavy (non-hydrogen) atoms. The fraction of sp³-hybridized carbons (Fsp3) is 0.214. The zero-order valence-electron chi connectivity index (χ0n) is 10.1. The van der Waals surface area contributed by atoms with Crippen molar-refractivity contribution >= 4 is 0 Å². The summed E-state index contributed by atoms with van der Waals surface area (Å²) >= 11 is 0. The van der Waals surface area contributed by atoms with Gasteiger partial charge in [0.05, 0.1) is 5.56 Å². The van der Waals surface area contributed by atoms with Crippen LogP contribution in [0.15, 0.2) is 42.7 Å². The van der Waals surface area contributed by atoms with Crippen LogP contribution in [-0.2, 0) is 6.18 Å². The number of rotatable bonds is 2. The molecule has 1 atom stereocenters. The van der Waals surface area contributed by atoms with Gasteiger partial charge in [0.2, 0.25) is 0 Å². The molecule has 0 saturated carbocycles. The Morgan fingerprint density at radius 3 is 2.47 bits per heavy atom. The largest absolute Gasteiger partial charge is 0.416 e. The van der Waals surface area contributed by atoms with Gasteiger partial charge in [-0.15, -0.1) is 0 Å². The van der Waals surface area contributed by atoms with Crippen LogP contribution in [0.2, 0.25) is 0 Å². The van der Waals surface area contributed by atoms with Gasteiger partial charge in [-0.05, 0) is 36.2 Å². The van der Waals surface area contributed by atoms with Crippen LogP contribution in [0.25, 0.3) is 0 Å². The fourth-order valence-corrected chi connectivity index (χ4v) is 1.88. The van der Waals surface area contributed by atoms with Gasteiger partial charge in [-0.1, -0.05) is 12.1 Å². The smallest absolute Gasteiger partial charge is 0.384 e. The molecule has 0 fully saturated rings. The number of aryl methyl sites for hydroxylation is 1. The first-order valence-electron chi connectivity index (χ1n) is 5.65. The average Bonchev–Trinajstić information content (AvgIpc) is 2.38. The summed E-state index contributed by atoms with van der Waals surface area (Å²) in [7, 11) is 0. The van der Waals surface area contributed by atoms with Crippen molar-refractivity contribution in [3.63, 3.8) is 0 Å². The van der Waals surface area contributed by atoms with Crippen LogP contribution in [0.3, 0.4) is 0 Å². The molecule has 0 amide bonds. The molecule has 0 aliphatic heterocycles. The summed E-state index contributed by atoms with van der Waals surface area (Å²) < 4.78 is 37.7. The van der Waals surface area contributed by atoms with Crippen LogP contribution in [0, 0.1) is 6.92 Å². The number of hydrogen-bond acceptors (Lipinski definition) is 2. The normalized spacial score (nSPS) is 13.3. The summed E-state index contributed by atoms with van der Waals surface area (Å²) in [5.41, 5.74) is 0.671. The Bertz CT molecular complexity index is 567. The highest BCUT2D eigenvalue weighted by atomic mass is 19.4. The summed E-state index contributed by atoms with van der Waals surface area (Å²) in [6, 6.07) is 6.65. The lowest BCUT2D eigenvalue weighted by atomic mass is 9.97. The zero-order valence-corrected chi connectivity index (χ0v) is 10.1. The Labute approximate surface area is 108 Å². The minimum Gasteiger partial charge on any atom is -0.384 e. The Balaban J connectivity index is 2.37. The number of hydrogen-bond donors (Lipinski definition) is 1. The molecule has 0 radical (unpaired) electrons. The first kappa shape index (κ1) is 13.5. The van der Waals surface area contributed by atoms with Gasteiger partial charge in [0.1, 0.15) is 6.10 Å². The number of aliphatic hydroxyl groups is 1. The highest BCUT2D eigenvalue weighted by molar-refractivity contribution is 5.37. The van der Waals surface area contributed by atoms with E-state index >= 15 is 0 Å². The standard InChI is InChI=1S/C14H12F3NO/c1-9-7-11(14(15,16)17)4-5-12(9)13(19)10-3-2-6-18-8-10/h2-8,13,19H,1H3. The van der Waals surface area contributed by atoms with Crippen LogP contribution in [0.4, 0.5) is 13.2 Å². The van der Waals surface area contributed by atoms with E-state index in [1.54, 1.807) is 25.3 Å². The Morgan fingerprint density at radius 1 is 1.21 bits per heavy atom. The molecule has 0 bridgehead atoms. The van der Waals surface area contributed by atoms with Gasteiger partial charge >= 0.3 is 6.18 Å². The highest BCUT2D eigenvalue weighted by Gasteiger charge is 2.31. The average molecular weight is 267 g/mol. The van der Waals surface area contributed by atoms with Gasteiger partial charge in [0.25, 0.3) is 0 Å². The molecular formula is C14H12F3NO. The topological polar surface area (TPSA) is 33.1 Å². The third kappa shape index (κ3) is 2.93. The second-order valence-corrected chi connectivity index (χ2v) is 4.26. The van der Waals surface area contributed by atoms with E-state index in [4.69, 9.17) is 0 Å². The van der Waals surface area contributed by atoms with Crippen molar-refractivity contribution in [2.45, 2.75) is 19.2 Å². The van der Waals surface area contributed by atoms with Gasteiger partial charge in [-0.25, -0.2) is 0 Å². The number of alkyl halides is 3. The Kier molecular flexibility index (Phi) is 3.57. The molecule has 100 valence electrons. The first-order chi connectivity index (χ1) is 8.89. The molecule has 0 aliphatic rings. The lowest BCUT2D eigenvalue weighted by Gasteiger charge is -2.15. The van der Waals surface area contributed by atoms with E-state index < -0.39 is 17.8 Å². The van der Waals surface area contributed by atoms with Gasteiger partial charge in [0.15, 0.2) is 0 Å². The van der Waals surface area contributed by atoms with Crippen molar-refractivity contribution in [2.24, 2.45) is 0 Å². The fourth-order valence-electron chi connectivity index (χ4n) is 1.88. The van der Waals surface area contributed by atoms with Gasteiger partial charge in [-0.3, -0.25) is 4.98 Å². The lowest BCUT2D eigenvalue weighted by Crippen LogP contribution is -2.08. The maximum Gasteiger partial charge on any atom is 0.416 e. The van der Waals surface area contributed by atoms with E-state index in [1.807, 2.05) is 0 Å². The van der Waals surface area contributed by atoms with E-state index in [1.165, 1.54) is 12.3 Å². The minimum atomic E-state index is -4.37. The van der Waals surface area contributed by atoms with E-state index in [0.29, 0.717) is 16.7 Å². The van der Waals surface area contributed by atoms with E-state index in [0.717, 1.165) is 12.1 Å². The summed E-state index contributed by atoms with van der Waals surface area (Å²) in [4.78, 5) is 3.88.